The predicted molar refractivity (Wildman–Crippen MR) is 101 cm³/mol. The molecule has 1 fully saturated rings. The zero-order chi connectivity index (χ0) is 20.2. The Kier molecular flexibility index (Phi) is 6.63. The lowest BCUT2D eigenvalue weighted by Crippen LogP contribution is -2.50. The molecule has 1 heterocycles. The number of carbonyl (C=O) groups excluding carboxylic acids is 2. The van der Waals surface area contributed by atoms with E-state index in [2.05, 4.69) is 0 Å². The van der Waals surface area contributed by atoms with Gasteiger partial charge in [-0.25, -0.2) is 4.79 Å². The summed E-state index contributed by atoms with van der Waals surface area (Å²) in [5.74, 6) is -1.70. The van der Waals surface area contributed by atoms with Crippen molar-refractivity contribution in [1.82, 2.24) is 4.90 Å². The van der Waals surface area contributed by atoms with Crippen LogP contribution in [0.15, 0.2) is 30.3 Å². The van der Waals surface area contributed by atoms with Gasteiger partial charge in [0.15, 0.2) is 0 Å². The summed E-state index contributed by atoms with van der Waals surface area (Å²) >= 11 is 0. The third-order valence-corrected chi connectivity index (χ3v) is 5.38. The smallest absolute Gasteiger partial charge is 0.410 e. The van der Waals surface area contributed by atoms with Crippen molar-refractivity contribution in [2.75, 3.05) is 6.61 Å². The largest absolute Gasteiger partial charge is 0.481 e. The van der Waals surface area contributed by atoms with Gasteiger partial charge in [0.2, 0.25) is 0 Å². The van der Waals surface area contributed by atoms with Crippen molar-refractivity contribution in [3.8, 4) is 0 Å². The standard InChI is InChI=1S/C21H29NO5/c1-14(17(12-23)21(2,3)4)18(11-19(24)25)22-16(13-27-20(22)26)10-15-8-6-5-7-9-15/h5-9,12,14,16-18H,10-11,13H2,1-4H3,(H,24,25)/t14?,16-,17?,18?/m0/s1. The molecule has 1 amide bonds. The van der Waals surface area contributed by atoms with Gasteiger partial charge in [-0.3, -0.25) is 9.69 Å². The number of hydrogen-bond donors (Lipinski definition) is 1. The molecular formula is C21H29NO5. The molecule has 1 saturated heterocycles. The van der Waals surface area contributed by atoms with E-state index in [1.807, 2.05) is 58.0 Å². The molecule has 148 valence electrons. The average Bonchev–Trinajstić information content (AvgIpc) is 2.93. The zero-order valence-corrected chi connectivity index (χ0v) is 16.4. The van der Waals surface area contributed by atoms with Gasteiger partial charge in [0.25, 0.3) is 0 Å². The Bertz CT molecular complexity index is 667. The Morgan fingerprint density at radius 3 is 2.48 bits per heavy atom. The van der Waals surface area contributed by atoms with Crippen LogP contribution >= 0.6 is 0 Å². The molecule has 0 spiro atoms. The Morgan fingerprint density at radius 2 is 1.96 bits per heavy atom. The van der Waals surface area contributed by atoms with E-state index in [4.69, 9.17) is 4.74 Å². The minimum Gasteiger partial charge on any atom is -0.481 e. The van der Waals surface area contributed by atoms with Gasteiger partial charge in [-0.1, -0.05) is 58.0 Å². The number of nitrogens with zero attached hydrogens (tertiary/aromatic N) is 1. The number of aliphatic carboxylic acids is 1. The van der Waals surface area contributed by atoms with Crippen LogP contribution in [0.25, 0.3) is 0 Å². The van der Waals surface area contributed by atoms with E-state index in [0.29, 0.717) is 6.42 Å². The summed E-state index contributed by atoms with van der Waals surface area (Å²) in [5.41, 5.74) is 0.714. The van der Waals surface area contributed by atoms with Crippen LogP contribution in [-0.2, 0) is 20.7 Å². The van der Waals surface area contributed by atoms with Gasteiger partial charge in [-0.2, -0.15) is 0 Å². The van der Waals surface area contributed by atoms with Crippen LogP contribution in [0, 0.1) is 17.3 Å². The van der Waals surface area contributed by atoms with E-state index in [9.17, 15) is 19.5 Å². The van der Waals surface area contributed by atoms with E-state index in [1.165, 1.54) is 0 Å². The van der Waals surface area contributed by atoms with E-state index in [1.54, 1.807) is 4.90 Å². The molecular weight excluding hydrogens is 346 g/mol. The fourth-order valence-corrected chi connectivity index (χ4v) is 3.99. The first-order valence-electron chi connectivity index (χ1n) is 9.31. The molecule has 6 nitrogen and oxygen atoms in total. The lowest BCUT2D eigenvalue weighted by Gasteiger charge is -2.40. The maximum absolute atomic E-state index is 12.5. The molecule has 0 saturated carbocycles. The van der Waals surface area contributed by atoms with Crippen molar-refractivity contribution in [2.45, 2.75) is 52.6 Å². The Hall–Kier alpha value is -2.37. The number of benzene rings is 1. The minimum absolute atomic E-state index is 0.220. The minimum atomic E-state index is -0.997. The molecule has 0 aliphatic carbocycles. The van der Waals surface area contributed by atoms with Crippen LogP contribution in [0.4, 0.5) is 4.79 Å². The van der Waals surface area contributed by atoms with Crippen LogP contribution in [0.1, 0.15) is 39.7 Å². The summed E-state index contributed by atoms with van der Waals surface area (Å²) in [6, 6.07) is 8.86. The van der Waals surface area contributed by atoms with Gasteiger partial charge < -0.3 is 14.6 Å². The van der Waals surface area contributed by atoms with Crippen molar-refractivity contribution in [3.63, 3.8) is 0 Å². The van der Waals surface area contributed by atoms with E-state index < -0.39 is 18.1 Å². The number of aldehydes is 1. The van der Waals surface area contributed by atoms with Gasteiger partial charge in [-0.05, 0) is 23.3 Å². The van der Waals surface area contributed by atoms with Gasteiger partial charge in [0.05, 0.1) is 12.5 Å². The van der Waals surface area contributed by atoms with Crippen molar-refractivity contribution < 1.29 is 24.2 Å². The predicted octanol–water partition coefficient (Wildman–Crippen LogP) is 3.39. The summed E-state index contributed by atoms with van der Waals surface area (Å²) in [6.45, 7) is 7.92. The van der Waals surface area contributed by atoms with Crippen molar-refractivity contribution in [1.29, 1.82) is 0 Å². The number of carbonyl (C=O) groups is 3. The SMILES string of the molecule is CC(C(CC(=O)O)N1C(=O)OC[C@@H]1Cc1ccccc1)C(C=O)C(C)(C)C. The first kappa shape index (κ1) is 20.9. The molecule has 1 aliphatic heterocycles. The second kappa shape index (κ2) is 8.55. The molecule has 3 unspecified atom stereocenters. The maximum atomic E-state index is 12.5. The molecule has 1 aromatic rings. The Balaban J connectivity index is 2.32. The second-order valence-corrected chi connectivity index (χ2v) is 8.38. The van der Waals surface area contributed by atoms with Crippen molar-refractivity contribution >= 4 is 18.3 Å². The van der Waals surface area contributed by atoms with Gasteiger partial charge >= 0.3 is 12.1 Å². The number of carboxylic acids is 1. The van der Waals surface area contributed by atoms with Crippen LogP contribution in [0.3, 0.4) is 0 Å². The van der Waals surface area contributed by atoms with Gasteiger partial charge in [-0.15, -0.1) is 0 Å². The van der Waals surface area contributed by atoms with E-state index >= 15 is 0 Å². The molecule has 0 bridgehead atoms. The van der Waals surface area contributed by atoms with Crippen LogP contribution in [-0.4, -0.2) is 47.0 Å². The number of amides is 1. The lowest BCUT2D eigenvalue weighted by molar-refractivity contribution is -0.139. The highest BCUT2D eigenvalue weighted by molar-refractivity contribution is 5.73. The topological polar surface area (TPSA) is 83.9 Å². The zero-order valence-electron chi connectivity index (χ0n) is 16.4. The van der Waals surface area contributed by atoms with Gasteiger partial charge in [0, 0.05) is 12.0 Å². The Labute approximate surface area is 160 Å². The number of carboxylic acid groups (broad SMARTS) is 1. The third-order valence-electron chi connectivity index (χ3n) is 5.38. The molecule has 4 atom stereocenters. The number of cyclic esters (lactones) is 1. The summed E-state index contributed by atoms with van der Waals surface area (Å²) in [7, 11) is 0. The highest BCUT2D eigenvalue weighted by Crippen LogP contribution is 2.36. The number of rotatable bonds is 8. The first-order chi connectivity index (χ1) is 12.6. The number of ether oxygens (including phenoxy) is 1. The van der Waals surface area contributed by atoms with Crippen molar-refractivity contribution in [3.05, 3.63) is 35.9 Å². The fraction of sp³-hybridized carbons (Fsp3) is 0.571. The number of hydrogen-bond acceptors (Lipinski definition) is 4. The summed E-state index contributed by atoms with van der Waals surface area (Å²) in [4.78, 5) is 37.3. The van der Waals surface area contributed by atoms with Crippen LogP contribution < -0.4 is 0 Å². The summed E-state index contributed by atoms with van der Waals surface area (Å²) < 4.78 is 5.27. The first-order valence-corrected chi connectivity index (χ1v) is 9.31. The molecule has 0 radical (unpaired) electrons. The maximum Gasteiger partial charge on any atom is 0.410 e. The van der Waals surface area contributed by atoms with Gasteiger partial charge in [0.1, 0.15) is 12.9 Å². The summed E-state index contributed by atoms with van der Waals surface area (Å²) in [5, 5.41) is 9.45. The monoisotopic (exact) mass is 375 g/mol. The van der Waals surface area contributed by atoms with Crippen molar-refractivity contribution in [2.24, 2.45) is 17.3 Å². The third kappa shape index (κ3) is 5.08. The molecule has 1 aliphatic rings. The van der Waals surface area contributed by atoms with E-state index in [0.717, 1.165) is 11.8 Å². The lowest BCUT2D eigenvalue weighted by atomic mass is 9.71. The van der Waals surface area contributed by atoms with Crippen LogP contribution in [0.5, 0.6) is 0 Å². The highest BCUT2D eigenvalue weighted by atomic mass is 16.6. The highest BCUT2D eigenvalue weighted by Gasteiger charge is 2.44. The second-order valence-electron chi connectivity index (χ2n) is 8.38. The molecule has 0 aromatic heterocycles. The van der Waals surface area contributed by atoms with E-state index in [-0.39, 0.29) is 36.3 Å². The summed E-state index contributed by atoms with van der Waals surface area (Å²) in [6.07, 6.45) is 0.735. The molecule has 6 heteroatoms. The quantitative estimate of drug-likeness (QED) is 0.704. The molecule has 1 N–H and O–H groups in total. The van der Waals surface area contributed by atoms with Crippen LogP contribution in [0.2, 0.25) is 0 Å². The average molecular weight is 375 g/mol. The normalized spacial score (nSPS) is 20.7. The molecule has 27 heavy (non-hydrogen) atoms. The Morgan fingerprint density at radius 1 is 1.33 bits per heavy atom. The fourth-order valence-electron chi connectivity index (χ4n) is 3.99. The molecule has 1 aromatic carbocycles. The molecule has 2 rings (SSSR count).